The van der Waals surface area contributed by atoms with Crippen molar-refractivity contribution in [3.63, 3.8) is 0 Å². The van der Waals surface area contributed by atoms with Crippen LogP contribution in [-0.2, 0) is 5.41 Å². The first kappa shape index (κ1) is 29.2. The van der Waals surface area contributed by atoms with E-state index in [1.54, 1.807) is 0 Å². The van der Waals surface area contributed by atoms with Crippen molar-refractivity contribution in [2.75, 3.05) is 0 Å². The van der Waals surface area contributed by atoms with Gasteiger partial charge in [-0.2, -0.15) is 0 Å². The molecule has 4 bridgehead atoms. The van der Waals surface area contributed by atoms with Gasteiger partial charge < -0.3 is 4.57 Å². The highest BCUT2D eigenvalue weighted by atomic mass is 15.0. The van der Waals surface area contributed by atoms with Crippen molar-refractivity contribution in [1.29, 1.82) is 0 Å². The Morgan fingerprint density at radius 3 is 1.71 bits per heavy atom. The van der Waals surface area contributed by atoms with Gasteiger partial charge in [-0.15, -0.1) is 0 Å². The van der Waals surface area contributed by atoms with E-state index in [2.05, 4.69) is 126 Å². The van der Waals surface area contributed by atoms with E-state index >= 15 is 0 Å². The Morgan fingerprint density at radius 1 is 0.471 bits per heavy atom. The number of para-hydroxylation sites is 1. The van der Waals surface area contributed by atoms with Gasteiger partial charge >= 0.3 is 0 Å². The molecule has 0 aliphatic heterocycles. The molecule has 4 saturated carbocycles. The van der Waals surface area contributed by atoms with Gasteiger partial charge in [-0.25, -0.2) is 15.0 Å². The summed E-state index contributed by atoms with van der Waals surface area (Å²) < 4.78 is 2.38. The third-order valence-electron chi connectivity index (χ3n) is 12.4. The number of benzene rings is 6. The molecule has 0 saturated heterocycles. The second kappa shape index (κ2) is 11.2. The zero-order valence-electron chi connectivity index (χ0n) is 28.5. The first-order chi connectivity index (χ1) is 25.2. The molecule has 4 heteroatoms. The van der Waals surface area contributed by atoms with Crippen LogP contribution in [0.3, 0.4) is 0 Å². The maximum absolute atomic E-state index is 5.21. The molecule has 8 aromatic rings. The van der Waals surface area contributed by atoms with Gasteiger partial charge in [0.25, 0.3) is 0 Å². The van der Waals surface area contributed by atoms with E-state index in [9.17, 15) is 0 Å². The summed E-state index contributed by atoms with van der Waals surface area (Å²) in [7, 11) is 0. The third kappa shape index (κ3) is 4.69. The van der Waals surface area contributed by atoms with Crippen LogP contribution in [0.25, 0.3) is 72.4 Å². The highest BCUT2D eigenvalue weighted by Gasteiger charge is 2.51. The van der Waals surface area contributed by atoms with Crippen LogP contribution >= 0.6 is 0 Å². The Hall–Kier alpha value is -5.61. The molecule has 2 aromatic heterocycles. The summed E-state index contributed by atoms with van der Waals surface area (Å²) in [6.07, 6.45) is 8.48. The van der Waals surface area contributed by atoms with Crippen molar-refractivity contribution in [2.24, 2.45) is 17.8 Å². The quantitative estimate of drug-likeness (QED) is 0.185. The number of nitrogens with zero attached hydrogens (tertiary/aromatic N) is 4. The highest BCUT2D eigenvalue weighted by Crippen LogP contribution is 2.60. The lowest BCUT2D eigenvalue weighted by Gasteiger charge is -2.57. The number of fused-ring (bicyclic) bond motifs is 5. The lowest BCUT2D eigenvalue weighted by Crippen LogP contribution is -2.48. The van der Waals surface area contributed by atoms with Gasteiger partial charge in [0.1, 0.15) is 0 Å². The molecule has 0 amide bonds. The van der Waals surface area contributed by atoms with E-state index < -0.39 is 0 Å². The van der Waals surface area contributed by atoms with Crippen LogP contribution in [0.2, 0.25) is 0 Å². The minimum atomic E-state index is 0.366. The van der Waals surface area contributed by atoms with Gasteiger partial charge in [0.2, 0.25) is 0 Å². The van der Waals surface area contributed by atoms with Gasteiger partial charge in [0.05, 0.1) is 11.0 Å². The molecule has 2 heterocycles. The molecular weight excluding hydrogens is 621 g/mol. The lowest BCUT2D eigenvalue weighted by atomic mass is 9.48. The Morgan fingerprint density at radius 2 is 1.02 bits per heavy atom. The van der Waals surface area contributed by atoms with Gasteiger partial charge in [0, 0.05) is 33.2 Å². The maximum Gasteiger partial charge on any atom is 0.164 e. The second-order valence-corrected chi connectivity index (χ2v) is 15.5. The summed E-state index contributed by atoms with van der Waals surface area (Å²) in [5.41, 5.74) is 8.39. The molecular formula is C47H38N4. The Kier molecular flexibility index (Phi) is 6.40. The monoisotopic (exact) mass is 658 g/mol. The van der Waals surface area contributed by atoms with Gasteiger partial charge in [-0.3, -0.25) is 0 Å². The van der Waals surface area contributed by atoms with Crippen LogP contribution in [0.1, 0.15) is 44.1 Å². The summed E-state index contributed by atoms with van der Waals surface area (Å²) in [6.45, 7) is 0. The number of rotatable bonds is 5. The molecule has 12 rings (SSSR count). The highest BCUT2D eigenvalue weighted by molar-refractivity contribution is 6.21. The number of aromatic nitrogens is 4. The van der Waals surface area contributed by atoms with E-state index in [-0.39, 0.29) is 0 Å². The topological polar surface area (TPSA) is 43.6 Å². The van der Waals surface area contributed by atoms with Crippen molar-refractivity contribution >= 4 is 32.6 Å². The number of hydrogen-bond acceptors (Lipinski definition) is 3. The molecule has 4 aliphatic carbocycles. The summed E-state index contributed by atoms with van der Waals surface area (Å²) in [4.78, 5) is 15.4. The minimum absolute atomic E-state index is 0.366. The normalized spacial score (nSPS) is 22.3. The van der Waals surface area contributed by atoms with Gasteiger partial charge in [-0.05, 0) is 114 Å². The zero-order valence-corrected chi connectivity index (χ0v) is 28.5. The van der Waals surface area contributed by atoms with Crippen molar-refractivity contribution in [3.8, 4) is 39.9 Å². The Bertz CT molecular complexity index is 2570. The van der Waals surface area contributed by atoms with Crippen LogP contribution in [0.5, 0.6) is 0 Å². The molecule has 0 unspecified atom stereocenters. The van der Waals surface area contributed by atoms with Crippen molar-refractivity contribution in [3.05, 3.63) is 145 Å². The fourth-order valence-corrected chi connectivity index (χ4v) is 10.6. The predicted molar refractivity (Wildman–Crippen MR) is 208 cm³/mol. The van der Waals surface area contributed by atoms with Crippen LogP contribution in [0, 0.1) is 17.8 Å². The third-order valence-corrected chi connectivity index (χ3v) is 12.4. The molecule has 4 nitrogen and oxygen atoms in total. The fourth-order valence-electron chi connectivity index (χ4n) is 10.6. The summed E-state index contributed by atoms with van der Waals surface area (Å²) in [6, 6.07) is 50.1. The van der Waals surface area contributed by atoms with E-state index in [1.807, 2.05) is 18.2 Å². The zero-order chi connectivity index (χ0) is 33.5. The number of hydrogen-bond donors (Lipinski definition) is 0. The average Bonchev–Trinajstić information content (AvgIpc) is 3.52. The first-order valence-corrected chi connectivity index (χ1v) is 18.6. The largest absolute Gasteiger partial charge is 0.309 e. The van der Waals surface area contributed by atoms with Gasteiger partial charge in [-0.1, -0.05) is 103 Å². The van der Waals surface area contributed by atoms with Crippen molar-refractivity contribution in [2.45, 2.75) is 43.9 Å². The van der Waals surface area contributed by atoms with E-state index in [0.29, 0.717) is 22.9 Å². The molecule has 4 aliphatic rings. The Balaban J connectivity index is 1.07. The summed E-state index contributed by atoms with van der Waals surface area (Å²) in [5, 5.41) is 4.90. The van der Waals surface area contributed by atoms with Crippen LogP contribution in [0.4, 0.5) is 0 Å². The van der Waals surface area contributed by atoms with Crippen LogP contribution in [0.15, 0.2) is 140 Å². The summed E-state index contributed by atoms with van der Waals surface area (Å²) in [5.74, 6) is 4.87. The molecule has 246 valence electrons. The van der Waals surface area contributed by atoms with Crippen molar-refractivity contribution < 1.29 is 0 Å². The fraction of sp³-hybridized carbons (Fsp3) is 0.213. The molecule has 0 spiro atoms. The van der Waals surface area contributed by atoms with E-state index in [1.165, 1.54) is 71.1 Å². The molecule has 4 fully saturated rings. The van der Waals surface area contributed by atoms with Crippen LogP contribution < -0.4 is 0 Å². The molecule has 51 heavy (non-hydrogen) atoms. The smallest absolute Gasteiger partial charge is 0.164 e. The first-order valence-electron chi connectivity index (χ1n) is 18.6. The van der Waals surface area contributed by atoms with Gasteiger partial charge in [0.15, 0.2) is 17.5 Å². The molecule has 0 radical (unpaired) electrons. The minimum Gasteiger partial charge on any atom is -0.309 e. The van der Waals surface area contributed by atoms with E-state index in [0.717, 1.165) is 45.6 Å². The average molecular weight is 659 g/mol. The Labute approximate surface area is 297 Å². The van der Waals surface area contributed by atoms with Crippen LogP contribution in [-0.4, -0.2) is 19.5 Å². The summed E-state index contributed by atoms with van der Waals surface area (Å²) >= 11 is 0. The predicted octanol–water partition coefficient (Wildman–Crippen LogP) is 11.6. The van der Waals surface area contributed by atoms with Crippen molar-refractivity contribution in [1.82, 2.24) is 19.5 Å². The lowest BCUT2D eigenvalue weighted by molar-refractivity contribution is -0.00518. The van der Waals surface area contributed by atoms with E-state index in [4.69, 9.17) is 15.0 Å². The SMILES string of the molecule is c1ccc(-c2nc(-c3ccc(C45CC6CC(CC(C6)C4)C5)cc3)nc(-c3ccc4c(c3)c3c5ccccc5ccc3n4-c3ccccc3)n2)cc1. The molecule has 0 N–H and O–H groups in total. The second-order valence-electron chi connectivity index (χ2n) is 15.5. The standard InChI is InChI=1S/C47H38N4/c1-3-10-34(11-4-1)44-48-45(35-15-19-37(20-16-35)47-27-30-23-31(28-47)25-32(24-30)29-47)50-46(49-44)36-18-21-41-40(26-36)43-39-14-8-7-9-33(39)17-22-42(43)51(41)38-12-5-2-6-13-38/h1-22,26,30-32H,23-25,27-29H2. The maximum atomic E-state index is 5.21. The molecule has 0 atom stereocenters. The molecule has 6 aromatic carbocycles.